The first-order chi connectivity index (χ1) is 14.1. The molecule has 0 radical (unpaired) electrons. The van der Waals surface area contributed by atoms with Crippen molar-refractivity contribution in [1.82, 2.24) is 9.88 Å². The molecule has 2 N–H and O–H groups in total. The Morgan fingerprint density at radius 1 is 1.38 bits per heavy atom. The Bertz CT molecular complexity index is 1000. The van der Waals surface area contributed by atoms with Crippen LogP contribution in [0.2, 0.25) is 0 Å². The van der Waals surface area contributed by atoms with Crippen LogP contribution in [0, 0.1) is 0 Å². The van der Waals surface area contributed by atoms with Gasteiger partial charge in [0.05, 0.1) is 22.9 Å². The van der Waals surface area contributed by atoms with Crippen LogP contribution < -0.4 is 5.32 Å². The van der Waals surface area contributed by atoms with E-state index in [2.05, 4.69) is 10.3 Å². The lowest BCUT2D eigenvalue weighted by molar-refractivity contribution is 0.0817. The van der Waals surface area contributed by atoms with Gasteiger partial charge in [0, 0.05) is 24.4 Å². The number of benzene rings is 2. The van der Waals surface area contributed by atoms with E-state index in [4.69, 9.17) is 4.74 Å². The molecule has 0 spiro atoms. The van der Waals surface area contributed by atoms with E-state index < -0.39 is 0 Å². The molecule has 1 aliphatic rings. The number of rotatable bonds is 6. The first kappa shape index (κ1) is 20.0. The summed E-state index contributed by atoms with van der Waals surface area (Å²) in [6, 6.07) is 12.6. The molecule has 0 aliphatic carbocycles. The number of urea groups is 1. The van der Waals surface area contributed by atoms with Gasteiger partial charge in [-0.3, -0.25) is 0 Å². The van der Waals surface area contributed by atoms with Crippen LogP contribution in [0.25, 0.3) is 10.2 Å². The summed E-state index contributed by atoms with van der Waals surface area (Å²) < 4.78 is 7.77. The maximum Gasteiger partial charge on any atom is 0.322 e. The van der Waals surface area contributed by atoms with Crippen LogP contribution in [0.3, 0.4) is 0 Å². The predicted octanol–water partition coefficient (Wildman–Crippen LogP) is 4.94. The van der Waals surface area contributed by atoms with E-state index in [1.165, 1.54) is 0 Å². The quantitative estimate of drug-likeness (QED) is 0.543. The number of nitrogens with one attached hydrogen (secondary N) is 1. The zero-order valence-electron chi connectivity index (χ0n) is 16.1. The number of phenols is 1. The summed E-state index contributed by atoms with van der Waals surface area (Å²) in [4.78, 5) is 19.3. The minimum atomic E-state index is -0.210. The van der Waals surface area contributed by atoms with Crippen molar-refractivity contribution in [3.63, 3.8) is 0 Å². The average Bonchev–Trinajstić information content (AvgIpc) is 3.38. The summed E-state index contributed by atoms with van der Waals surface area (Å²) in [6.45, 7) is 1.54. The second-order valence-electron chi connectivity index (χ2n) is 6.94. The van der Waals surface area contributed by atoms with Gasteiger partial charge in [-0.2, -0.15) is 0 Å². The molecule has 0 unspecified atom stereocenters. The van der Waals surface area contributed by atoms with Gasteiger partial charge in [0.1, 0.15) is 5.75 Å². The molecular weight excluding hydrogens is 406 g/mol. The van der Waals surface area contributed by atoms with Gasteiger partial charge in [-0.05, 0) is 43.4 Å². The molecule has 2 heterocycles. The smallest absolute Gasteiger partial charge is 0.322 e. The number of amides is 2. The van der Waals surface area contributed by atoms with Crippen LogP contribution in [-0.4, -0.2) is 46.5 Å². The fourth-order valence-electron chi connectivity index (χ4n) is 3.37. The largest absolute Gasteiger partial charge is 0.508 e. The summed E-state index contributed by atoms with van der Waals surface area (Å²) in [7, 11) is 0. The molecule has 1 aliphatic heterocycles. The van der Waals surface area contributed by atoms with E-state index in [9.17, 15) is 9.90 Å². The SMILES string of the molecule is CSc1nc2ccc(NC(=O)N(Cc3ccccc3O)C[C@@H]3CCCO3)cc2s1. The highest BCUT2D eigenvalue weighted by molar-refractivity contribution is 8.00. The number of carbonyl (C=O) groups excluding carboxylic acids is 1. The monoisotopic (exact) mass is 429 g/mol. The molecule has 29 heavy (non-hydrogen) atoms. The maximum atomic E-state index is 13.1. The molecule has 6 nitrogen and oxygen atoms in total. The highest BCUT2D eigenvalue weighted by Gasteiger charge is 2.23. The Morgan fingerprint density at radius 2 is 2.24 bits per heavy atom. The summed E-state index contributed by atoms with van der Waals surface area (Å²) in [5.74, 6) is 0.188. The topological polar surface area (TPSA) is 74.7 Å². The third-order valence-electron chi connectivity index (χ3n) is 4.88. The first-order valence-electron chi connectivity index (χ1n) is 9.51. The number of phenolic OH excluding ortho intramolecular Hbond substituents is 1. The number of aromatic nitrogens is 1. The second kappa shape index (κ2) is 9.02. The molecule has 2 amide bonds. The predicted molar refractivity (Wildman–Crippen MR) is 118 cm³/mol. The van der Waals surface area contributed by atoms with Crippen LogP contribution in [0.15, 0.2) is 46.8 Å². The number of para-hydroxylation sites is 1. The zero-order valence-corrected chi connectivity index (χ0v) is 17.8. The van der Waals surface area contributed by atoms with Gasteiger partial charge in [-0.1, -0.05) is 30.0 Å². The number of fused-ring (bicyclic) bond motifs is 1. The van der Waals surface area contributed by atoms with E-state index in [0.29, 0.717) is 18.7 Å². The van der Waals surface area contributed by atoms with Crippen LogP contribution in [0.5, 0.6) is 5.75 Å². The van der Waals surface area contributed by atoms with E-state index >= 15 is 0 Å². The minimum Gasteiger partial charge on any atom is -0.508 e. The Kier molecular flexibility index (Phi) is 6.22. The van der Waals surface area contributed by atoms with Gasteiger partial charge in [-0.15, -0.1) is 11.3 Å². The lowest BCUT2D eigenvalue weighted by Crippen LogP contribution is -2.39. The second-order valence-corrected chi connectivity index (χ2v) is 9.02. The number of anilines is 1. The Morgan fingerprint density at radius 3 is 3.00 bits per heavy atom. The molecular formula is C21H23N3O3S2. The number of nitrogens with zero attached hydrogens (tertiary/aromatic N) is 2. The van der Waals surface area contributed by atoms with Gasteiger partial charge >= 0.3 is 6.03 Å². The van der Waals surface area contributed by atoms with Crippen molar-refractivity contribution in [2.24, 2.45) is 0 Å². The van der Waals surface area contributed by atoms with Gasteiger partial charge in [0.25, 0.3) is 0 Å². The molecule has 1 aromatic heterocycles. The standard InChI is InChI=1S/C21H23N3O3S2/c1-28-21-23-17-9-8-15(11-19(17)29-21)22-20(26)24(13-16-6-4-10-27-16)12-14-5-2-3-7-18(14)25/h2-3,5,7-9,11,16,25H,4,6,10,12-13H2,1H3,(H,22,26)/t16-/m0/s1. The normalized spacial score (nSPS) is 16.2. The van der Waals surface area contributed by atoms with E-state index in [-0.39, 0.29) is 17.9 Å². The molecule has 152 valence electrons. The number of aromatic hydroxyl groups is 1. The van der Waals surface area contributed by atoms with E-state index in [0.717, 1.165) is 39.7 Å². The van der Waals surface area contributed by atoms with E-state index in [1.807, 2.05) is 36.6 Å². The number of hydrogen-bond donors (Lipinski definition) is 2. The zero-order chi connectivity index (χ0) is 20.2. The summed E-state index contributed by atoms with van der Waals surface area (Å²) >= 11 is 3.23. The van der Waals surface area contributed by atoms with Crippen molar-refractivity contribution in [3.8, 4) is 5.75 Å². The molecule has 8 heteroatoms. The Balaban J connectivity index is 1.52. The van der Waals surface area contributed by atoms with Crippen LogP contribution in [-0.2, 0) is 11.3 Å². The van der Waals surface area contributed by atoms with Crippen molar-refractivity contribution >= 4 is 45.0 Å². The van der Waals surface area contributed by atoms with Crippen LogP contribution in [0.4, 0.5) is 10.5 Å². The lowest BCUT2D eigenvalue weighted by atomic mass is 10.1. The number of thiazole rings is 1. The molecule has 2 aromatic carbocycles. The Hall–Kier alpha value is -2.29. The molecule has 0 bridgehead atoms. The molecule has 3 aromatic rings. The Labute approximate surface area is 177 Å². The third-order valence-corrected chi connectivity index (χ3v) is 6.89. The number of carbonyl (C=O) groups is 1. The van der Waals surface area contributed by atoms with Crippen molar-refractivity contribution in [3.05, 3.63) is 48.0 Å². The van der Waals surface area contributed by atoms with Gasteiger partial charge in [0.15, 0.2) is 4.34 Å². The van der Waals surface area contributed by atoms with Gasteiger partial charge in [-0.25, -0.2) is 9.78 Å². The minimum absolute atomic E-state index is 0.0275. The lowest BCUT2D eigenvalue weighted by Gasteiger charge is -2.26. The molecule has 1 fully saturated rings. The average molecular weight is 430 g/mol. The number of thioether (sulfide) groups is 1. The van der Waals surface area contributed by atoms with Crippen molar-refractivity contribution in [2.45, 2.75) is 29.8 Å². The number of ether oxygens (including phenoxy) is 1. The van der Waals surface area contributed by atoms with Crippen LogP contribution >= 0.6 is 23.1 Å². The summed E-state index contributed by atoms with van der Waals surface area (Å²) in [5.41, 5.74) is 2.37. The molecule has 0 saturated carbocycles. The van der Waals surface area contributed by atoms with Crippen molar-refractivity contribution in [1.29, 1.82) is 0 Å². The molecule has 1 saturated heterocycles. The summed E-state index contributed by atoms with van der Waals surface area (Å²) in [5, 5.41) is 13.1. The third kappa shape index (κ3) is 4.83. The fourth-order valence-corrected chi connectivity index (χ4v) is 4.90. The van der Waals surface area contributed by atoms with Crippen molar-refractivity contribution in [2.75, 3.05) is 24.7 Å². The fraction of sp³-hybridized carbons (Fsp3) is 0.333. The van der Waals surface area contributed by atoms with Crippen molar-refractivity contribution < 1.29 is 14.6 Å². The highest BCUT2D eigenvalue weighted by atomic mass is 32.2. The molecule has 4 rings (SSSR count). The highest BCUT2D eigenvalue weighted by Crippen LogP contribution is 2.30. The number of hydrogen-bond acceptors (Lipinski definition) is 6. The van der Waals surface area contributed by atoms with Gasteiger partial charge in [0.2, 0.25) is 0 Å². The van der Waals surface area contributed by atoms with E-state index in [1.54, 1.807) is 40.1 Å². The van der Waals surface area contributed by atoms with Gasteiger partial charge < -0.3 is 20.1 Å². The summed E-state index contributed by atoms with van der Waals surface area (Å²) in [6.07, 6.45) is 3.98. The van der Waals surface area contributed by atoms with Crippen LogP contribution in [0.1, 0.15) is 18.4 Å². The molecule has 1 atom stereocenters. The first-order valence-corrected chi connectivity index (χ1v) is 11.6. The maximum absolute atomic E-state index is 13.1.